The van der Waals surface area contributed by atoms with Crippen molar-refractivity contribution in [3.05, 3.63) is 88.6 Å². The first kappa shape index (κ1) is 26.3. The summed E-state index contributed by atoms with van der Waals surface area (Å²) in [5, 5.41) is 11.3. The lowest BCUT2D eigenvalue weighted by atomic mass is 9.85. The van der Waals surface area contributed by atoms with E-state index in [0.717, 1.165) is 37.0 Å². The number of aromatic nitrogens is 1. The molecule has 1 unspecified atom stereocenters. The molecule has 0 aliphatic carbocycles. The average molecular weight is 535 g/mol. The Kier molecular flexibility index (Phi) is 6.98. The summed E-state index contributed by atoms with van der Waals surface area (Å²) in [6, 6.07) is 19.5. The van der Waals surface area contributed by atoms with Gasteiger partial charge in [-0.05, 0) is 65.4 Å². The molecule has 7 nitrogen and oxygen atoms in total. The lowest BCUT2D eigenvalue weighted by Crippen LogP contribution is -2.39. The second-order valence-electron chi connectivity index (χ2n) is 9.86. The summed E-state index contributed by atoms with van der Waals surface area (Å²) < 4.78 is 37.4. The molecule has 3 heterocycles. The molecule has 1 N–H and O–H groups in total. The predicted octanol–water partition coefficient (Wildman–Crippen LogP) is 4.87. The van der Waals surface area contributed by atoms with E-state index in [-0.39, 0.29) is 20.2 Å². The minimum absolute atomic E-state index is 0. The van der Waals surface area contributed by atoms with Gasteiger partial charge in [-0.25, -0.2) is 8.42 Å². The van der Waals surface area contributed by atoms with Crippen LogP contribution in [-0.2, 0) is 42.6 Å². The topological polar surface area (TPSA) is 81.0 Å². The van der Waals surface area contributed by atoms with Gasteiger partial charge in [0.2, 0.25) is 0 Å². The van der Waals surface area contributed by atoms with Crippen molar-refractivity contribution in [1.29, 1.82) is 0 Å². The highest BCUT2D eigenvalue weighted by Gasteiger charge is 2.35. The van der Waals surface area contributed by atoms with E-state index >= 15 is 0 Å². The van der Waals surface area contributed by atoms with Gasteiger partial charge in [0.25, 0.3) is 0 Å². The van der Waals surface area contributed by atoms with Gasteiger partial charge in [0.1, 0.15) is 13.3 Å². The van der Waals surface area contributed by atoms with E-state index < -0.39 is 9.84 Å². The van der Waals surface area contributed by atoms with Crippen molar-refractivity contribution in [3.63, 3.8) is 0 Å². The number of hydrogen-bond donors (Lipinski definition) is 1. The fourth-order valence-electron chi connectivity index (χ4n) is 5.84. The van der Waals surface area contributed by atoms with Crippen molar-refractivity contribution in [2.24, 2.45) is 0 Å². The summed E-state index contributed by atoms with van der Waals surface area (Å²) in [6.45, 7) is 2.04. The van der Waals surface area contributed by atoms with Crippen LogP contribution in [0.4, 0.5) is 0 Å². The second-order valence-corrected chi connectivity index (χ2v) is 11.9. The lowest BCUT2D eigenvalue weighted by molar-refractivity contribution is 0.145. The summed E-state index contributed by atoms with van der Waals surface area (Å²) >= 11 is 0. The summed E-state index contributed by atoms with van der Waals surface area (Å²) in [5.41, 5.74) is 7.02. The fourth-order valence-corrected chi connectivity index (χ4v) is 6.47. The largest absolute Gasteiger partial charge is 0.493 e. The van der Waals surface area contributed by atoms with E-state index in [1.54, 1.807) is 31.4 Å². The molecule has 1 atom stereocenters. The van der Waals surface area contributed by atoms with Crippen LogP contribution in [0.25, 0.3) is 10.9 Å². The third kappa shape index (κ3) is 4.46. The van der Waals surface area contributed by atoms with Crippen LogP contribution in [0.15, 0.2) is 65.6 Å². The molecule has 38 heavy (non-hydrogen) atoms. The average Bonchev–Trinajstić information content (AvgIpc) is 3.22. The number of ether oxygens (including phenoxy) is 2. The number of nitrogens with zero attached hydrogens (tertiary/aromatic N) is 2. The van der Waals surface area contributed by atoms with Crippen LogP contribution in [0.5, 0.6) is 11.5 Å². The minimum atomic E-state index is -3.23. The quantitative estimate of drug-likeness (QED) is 0.380. The van der Waals surface area contributed by atoms with Crippen molar-refractivity contribution >= 4 is 20.7 Å². The van der Waals surface area contributed by atoms with Crippen molar-refractivity contribution in [3.8, 4) is 11.5 Å². The van der Waals surface area contributed by atoms with Crippen LogP contribution in [0.1, 0.15) is 41.4 Å². The molecular weight excluding hydrogens is 500 g/mol. The highest BCUT2D eigenvalue weighted by atomic mass is 32.2. The van der Waals surface area contributed by atoms with E-state index in [4.69, 9.17) is 9.47 Å². The highest BCUT2D eigenvalue weighted by Crippen LogP contribution is 2.44. The molecule has 2 aliphatic rings. The SMILES string of the molecule is C.COc1cc2c(cc1OCc1ccc(S(C)(=O)=O)cc1)CCN1Cc3c(c4ccccc4n3CO)CC21. The molecule has 0 saturated heterocycles. The summed E-state index contributed by atoms with van der Waals surface area (Å²) in [5.74, 6) is 1.38. The first-order valence-corrected chi connectivity index (χ1v) is 14.3. The maximum atomic E-state index is 11.7. The maximum Gasteiger partial charge on any atom is 0.175 e. The number of rotatable bonds is 6. The Morgan fingerprint density at radius 3 is 2.53 bits per heavy atom. The van der Waals surface area contributed by atoms with Crippen LogP contribution < -0.4 is 9.47 Å². The first-order valence-electron chi connectivity index (χ1n) is 12.4. The normalized spacial score (nSPS) is 16.8. The molecule has 0 bridgehead atoms. The number of aliphatic hydroxyl groups is 1. The zero-order valence-electron chi connectivity index (χ0n) is 21.0. The molecule has 2 aliphatic heterocycles. The van der Waals surface area contributed by atoms with Gasteiger partial charge < -0.3 is 19.1 Å². The van der Waals surface area contributed by atoms with Gasteiger partial charge in [0.05, 0.1) is 17.5 Å². The van der Waals surface area contributed by atoms with Crippen molar-refractivity contribution in [1.82, 2.24) is 9.47 Å². The third-order valence-corrected chi connectivity index (χ3v) is 8.85. The molecule has 4 aromatic rings. The van der Waals surface area contributed by atoms with Crippen LogP contribution in [0.2, 0.25) is 0 Å². The number of sulfone groups is 1. The number of aliphatic hydroxyl groups excluding tert-OH is 1. The second kappa shape index (κ2) is 10.1. The van der Waals surface area contributed by atoms with Crippen molar-refractivity contribution in [2.75, 3.05) is 19.9 Å². The number of methoxy groups -OCH3 is 1. The van der Waals surface area contributed by atoms with Gasteiger partial charge >= 0.3 is 0 Å². The van der Waals surface area contributed by atoms with Gasteiger partial charge in [-0.15, -0.1) is 0 Å². The molecule has 0 saturated carbocycles. The standard InChI is InChI=1S/C29H30N2O5S.CH4/c1-35-28-15-23-20(13-29(28)36-17-19-7-9-21(10-8-19)37(2,33)34)11-12-30-16-27-24(14-26(23)30)22-5-3-4-6-25(22)31(27)18-32;/h3-10,13,15,26,32H,11-12,14,16-18H2,1-2H3;1H4. The van der Waals surface area contributed by atoms with Crippen molar-refractivity contribution in [2.45, 2.75) is 51.1 Å². The Morgan fingerprint density at radius 1 is 1.05 bits per heavy atom. The molecule has 0 spiro atoms. The Bertz CT molecular complexity index is 1590. The van der Waals surface area contributed by atoms with Crippen LogP contribution in [0.3, 0.4) is 0 Å². The Labute approximate surface area is 224 Å². The number of hydrogen-bond acceptors (Lipinski definition) is 6. The predicted molar refractivity (Wildman–Crippen MR) is 148 cm³/mol. The van der Waals surface area contributed by atoms with Crippen LogP contribution in [-0.4, -0.2) is 42.9 Å². The van der Waals surface area contributed by atoms with E-state index in [9.17, 15) is 13.5 Å². The molecule has 8 heteroatoms. The highest BCUT2D eigenvalue weighted by molar-refractivity contribution is 7.90. The fraction of sp³-hybridized carbons (Fsp3) is 0.333. The van der Waals surface area contributed by atoms with Crippen LogP contribution >= 0.6 is 0 Å². The summed E-state index contributed by atoms with van der Waals surface area (Å²) in [4.78, 5) is 2.80. The molecule has 3 aromatic carbocycles. The Hall–Kier alpha value is -3.33. The summed E-state index contributed by atoms with van der Waals surface area (Å²) in [7, 11) is -1.57. The molecule has 1 aromatic heterocycles. The smallest absolute Gasteiger partial charge is 0.175 e. The number of para-hydroxylation sites is 1. The van der Waals surface area contributed by atoms with Gasteiger partial charge in [0, 0.05) is 36.5 Å². The lowest BCUT2D eigenvalue weighted by Gasteiger charge is -2.41. The molecule has 6 rings (SSSR count). The Balaban J connectivity index is 0.00000294. The van der Waals surface area contributed by atoms with Gasteiger partial charge in [-0.2, -0.15) is 0 Å². The minimum Gasteiger partial charge on any atom is -0.493 e. The summed E-state index contributed by atoms with van der Waals surface area (Å²) in [6.07, 6.45) is 2.99. The Morgan fingerprint density at radius 2 is 1.82 bits per heavy atom. The van der Waals surface area contributed by atoms with E-state index in [0.29, 0.717) is 23.0 Å². The molecule has 0 fully saturated rings. The first-order chi connectivity index (χ1) is 17.9. The van der Waals surface area contributed by atoms with Gasteiger partial charge in [-0.1, -0.05) is 37.8 Å². The number of fused-ring (bicyclic) bond motifs is 6. The van der Waals surface area contributed by atoms with E-state index in [2.05, 4.69) is 35.2 Å². The molecule has 0 radical (unpaired) electrons. The van der Waals surface area contributed by atoms with Gasteiger partial charge in [-0.3, -0.25) is 4.90 Å². The molecular formula is C30H34N2O5S. The van der Waals surface area contributed by atoms with E-state index in [1.165, 1.54) is 34.0 Å². The monoisotopic (exact) mass is 534 g/mol. The zero-order valence-corrected chi connectivity index (χ0v) is 21.8. The zero-order chi connectivity index (χ0) is 25.7. The van der Waals surface area contributed by atoms with Crippen LogP contribution in [0, 0.1) is 0 Å². The number of benzene rings is 3. The van der Waals surface area contributed by atoms with Crippen molar-refractivity contribution < 1.29 is 23.0 Å². The third-order valence-electron chi connectivity index (χ3n) is 7.73. The van der Waals surface area contributed by atoms with Gasteiger partial charge in [0.15, 0.2) is 21.3 Å². The maximum absolute atomic E-state index is 11.7. The van der Waals surface area contributed by atoms with E-state index in [1.807, 2.05) is 10.6 Å². The molecule has 0 amide bonds. The molecule has 200 valence electrons.